The fourth-order valence-corrected chi connectivity index (χ4v) is 3.78. The van der Waals surface area contributed by atoms with Gasteiger partial charge in [0, 0.05) is 45.3 Å². The van der Waals surface area contributed by atoms with Crippen LogP contribution in [0.25, 0.3) is 0 Å². The van der Waals surface area contributed by atoms with E-state index in [0.717, 1.165) is 45.3 Å². The second kappa shape index (κ2) is 6.00. The second-order valence-electron chi connectivity index (χ2n) is 6.81. The predicted octanol–water partition coefficient (Wildman–Crippen LogP) is -0.214. The molecule has 0 aromatic rings. The molecule has 3 saturated heterocycles. The molecular weight excluding hydrogens is 252 g/mol. The van der Waals surface area contributed by atoms with Crippen LogP contribution >= 0.6 is 0 Å². The van der Waals surface area contributed by atoms with E-state index in [-0.39, 0.29) is 5.92 Å². The number of likely N-dealkylation sites (tertiary alicyclic amines) is 2. The number of rotatable bonds is 2. The van der Waals surface area contributed by atoms with Crippen molar-refractivity contribution in [1.29, 1.82) is 0 Å². The van der Waals surface area contributed by atoms with Gasteiger partial charge in [-0.2, -0.15) is 0 Å². The molecule has 0 N–H and O–H groups in total. The molecule has 3 aliphatic heterocycles. The van der Waals surface area contributed by atoms with Crippen LogP contribution in [0.1, 0.15) is 12.8 Å². The van der Waals surface area contributed by atoms with E-state index in [1.54, 1.807) is 0 Å². The van der Waals surface area contributed by atoms with Gasteiger partial charge in [0.05, 0.1) is 5.92 Å². The molecule has 0 bridgehead atoms. The van der Waals surface area contributed by atoms with Crippen LogP contribution in [0.15, 0.2) is 0 Å². The normalized spacial score (nSPS) is 28.6. The summed E-state index contributed by atoms with van der Waals surface area (Å²) in [6, 6.07) is 0.748. The van der Waals surface area contributed by atoms with Gasteiger partial charge in [-0.1, -0.05) is 0 Å². The number of nitrogens with zero attached hydrogens (tertiary/aromatic N) is 4. The first-order valence-electron chi connectivity index (χ1n) is 8.03. The maximum absolute atomic E-state index is 12.3. The molecule has 5 heteroatoms. The summed E-state index contributed by atoms with van der Waals surface area (Å²) in [5.74, 6) is 0.668. The lowest BCUT2D eigenvalue weighted by Gasteiger charge is -2.44. The molecule has 0 radical (unpaired) electrons. The Morgan fingerprint density at radius 3 is 2.00 bits per heavy atom. The highest BCUT2D eigenvalue weighted by Crippen LogP contribution is 2.20. The molecule has 3 fully saturated rings. The monoisotopic (exact) mass is 280 g/mol. The van der Waals surface area contributed by atoms with E-state index in [1.165, 1.54) is 25.9 Å². The molecule has 114 valence electrons. The van der Waals surface area contributed by atoms with Gasteiger partial charge in [0.2, 0.25) is 5.91 Å². The van der Waals surface area contributed by atoms with Crippen molar-refractivity contribution in [2.45, 2.75) is 18.9 Å². The van der Waals surface area contributed by atoms with Crippen LogP contribution in [0.3, 0.4) is 0 Å². The first kappa shape index (κ1) is 14.3. The van der Waals surface area contributed by atoms with Gasteiger partial charge in [-0.25, -0.2) is 0 Å². The first-order valence-corrected chi connectivity index (χ1v) is 8.03. The maximum Gasteiger partial charge on any atom is 0.228 e. The Hall–Kier alpha value is -0.650. The summed E-state index contributed by atoms with van der Waals surface area (Å²) < 4.78 is 0. The van der Waals surface area contributed by atoms with Crippen LogP contribution < -0.4 is 0 Å². The third kappa shape index (κ3) is 3.00. The summed E-state index contributed by atoms with van der Waals surface area (Å²) in [5.41, 5.74) is 0. The average Bonchev–Trinajstić information content (AvgIpc) is 2.44. The predicted molar refractivity (Wildman–Crippen MR) is 79.7 cm³/mol. The standard InChI is InChI=1S/C15H28N4O/c1-16-5-3-14(4-6-16)18-7-9-19(10-8-18)15(20)13-11-17(2)12-13/h13-14H,3-12H2,1-2H3. The van der Waals surface area contributed by atoms with Crippen molar-refractivity contribution in [2.75, 3.05) is 66.5 Å². The van der Waals surface area contributed by atoms with E-state index in [9.17, 15) is 4.79 Å². The molecule has 0 aliphatic carbocycles. The van der Waals surface area contributed by atoms with Crippen LogP contribution in [0.4, 0.5) is 0 Å². The van der Waals surface area contributed by atoms with E-state index in [0.29, 0.717) is 5.91 Å². The largest absolute Gasteiger partial charge is 0.340 e. The molecule has 5 nitrogen and oxygen atoms in total. The highest BCUT2D eigenvalue weighted by Gasteiger charge is 2.35. The minimum absolute atomic E-state index is 0.273. The number of piperazine rings is 1. The molecule has 3 rings (SSSR count). The van der Waals surface area contributed by atoms with Crippen molar-refractivity contribution in [1.82, 2.24) is 19.6 Å². The van der Waals surface area contributed by atoms with Crippen LogP contribution in [-0.4, -0.2) is 98.0 Å². The lowest BCUT2D eigenvalue weighted by atomic mass is 9.98. The van der Waals surface area contributed by atoms with Crippen LogP contribution in [-0.2, 0) is 4.79 Å². The Labute approximate surface area is 122 Å². The van der Waals surface area contributed by atoms with Gasteiger partial charge >= 0.3 is 0 Å². The zero-order chi connectivity index (χ0) is 14.1. The van der Waals surface area contributed by atoms with Crippen molar-refractivity contribution in [2.24, 2.45) is 5.92 Å². The number of amides is 1. The van der Waals surface area contributed by atoms with Gasteiger partial charge in [-0.15, -0.1) is 0 Å². The Morgan fingerprint density at radius 1 is 0.850 bits per heavy atom. The Bertz CT molecular complexity index is 340. The van der Waals surface area contributed by atoms with E-state index in [4.69, 9.17) is 0 Å². The summed E-state index contributed by atoms with van der Waals surface area (Å²) in [6.45, 7) is 8.36. The van der Waals surface area contributed by atoms with Gasteiger partial charge in [0.15, 0.2) is 0 Å². The van der Waals surface area contributed by atoms with Gasteiger partial charge in [-0.05, 0) is 40.0 Å². The minimum atomic E-state index is 0.273. The summed E-state index contributed by atoms with van der Waals surface area (Å²) in [4.78, 5) is 21.7. The zero-order valence-electron chi connectivity index (χ0n) is 12.9. The molecule has 0 aromatic carbocycles. The van der Waals surface area contributed by atoms with Gasteiger partial charge in [0.25, 0.3) is 0 Å². The molecule has 0 spiro atoms. The van der Waals surface area contributed by atoms with E-state index in [1.807, 2.05) is 0 Å². The number of piperidine rings is 1. The van der Waals surface area contributed by atoms with Crippen molar-refractivity contribution >= 4 is 5.91 Å². The zero-order valence-corrected chi connectivity index (χ0v) is 12.9. The number of carbonyl (C=O) groups is 1. The average molecular weight is 280 g/mol. The van der Waals surface area contributed by atoms with Crippen LogP contribution in [0, 0.1) is 5.92 Å². The van der Waals surface area contributed by atoms with Crippen molar-refractivity contribution < 1.29 is 4.79 Å². The molecular formula is C15H28N4O. The fourth-order valence-electron chi connectivity index (χ4n) is 3.78. The molecule has 0 saturated carbocycles. The van der Waals surface area contributed by atoms with Crippen LogP contribution in [0.2, 0.25) is 0 Å². The van der Waals surface area contributed by atoms with Crippen LogP contribution in [0.5, 0.6) is 0 Å². The molecule has 3 heterocycles. The summed E-state index contributed by atoms with van der Waals surface area (Å²) >= 11 is 0. The third-order valence-electron chi connectivity index (χ3n) is 5.24. The minimum Gasteiger partial charge on any atom is -0.340 e. The Morgan fingerprint density at radius 2 is 1.45 bits per heavy atom. The second-order valence-corrected chi connectivity index (χ2v) is 6.81. The Kier molecular flexibility index (Phi) is 4.29. The lowest BCUT2D eigenvalue weighted by molar-refractivity contribution is -0.142. The number of hydrogen-bond donors (Lipinski definition) is 0. The van der Waals surface area contributed by atoms with E-state index in [2.05, 4.69) is 33.7 Å². The highest BCUT2D eigenvalue weighted by molar-refractivity contribution is 5.80. The SMILES string of the molecule is CN1CCC(N2CCN(C(=O)C3CN(C)C3)CC2)CC1. The molecule has 0 unspecified atom stereocenters. The van der Waals surface area contributed by atoms with E-state index >= 15 is 0 Å². The smallest absolute Gasteiger partial charge is 0.228 e. The molecule has 0 aromatic heterocycles. The molecule has 0 atom stereocenters. The maximum atomic E-state index is 12.3. The molecule has 20 heavy (non-hydrogen) atoms. The Balaban J connectivity index is 1.44. The molecule has 1 amide bonds. The van der Waals surface area contributed by atoms with Gasteiger partial charge in [-0.3, -0.25) is 9.69 Å². The van der Waals surface area contributed by atoms with Gasteiger partial charge in [0.1, 0.15) is 0 Å². The summed E-state index contributed by atoms with van der Waals surface area (Å²) in [6.07, 6.45) is 2.58. The fraction of sp³-hybridized carbons (Fsp3) is 0.933. The van der Waals surface area contributed by atoms with Crippen molar-refractivity contribution in [3.63, 3.8) is 0 Å². The highest BCUT2D eigenvalue weighted by atomic mass is 16.2. The summed E-state index contributed by atoms with van der Waals surface area (Å²) in [7, 11) is 4.30. The van der Waals surface area contributed by atoms with Crippen molar-refractivity contribution in [3.05, 3.63) is 0 Å². The topological polar surface area (TPSA) is 30.0 Å². The van der Waals surface area contributed by atoms with Crippen molar-refractivity contribution in [3.8, 4) is 0 Å². The quantitative estimate of drug-likeness (QED) is 0.700. The van der Waals surface area contributed by atoms with Gasteiger partial charge < -0.3 is 14.7 Å². The summed E-state index contributed by atoms with van der Waals surface area (Å²) in [5, 5.41) is 0. The number of hydrogen-bond acceptors (Lipinski definition) is 4. The lowest BCUT2D eigenvalue weighted by Crippen LogP contribution is -2.58. The van der Waals surface area contributed by atoms with E-state index < -0.39 is 0 Å². The third-order valence-corrected chi connectivity index (χ3v) is 5.24. The first-order chi connectivity index (χ1) is 9.63. The molecule has 3 aliphatic rings. The number of carbonyl (C=O) groups excluding carboxylic acids is 1.